The van der Waals surface area contributed by atoms with Gasteiger partial charge in [-0.15, -0.1) is 0 Å². The first-order valence-corrected chi connectivity index (χ1v) is 9.38. The Kier molecular flexibility index (Phi) is 7.19. The van der Waals surface area contributed by atoms with Crippen molar-refractivity contribution in [1.82, 2.24) is 9.47 Å². The minimum Gasteiger partial charge on any atom is -0.483 e. The molecular formula is C21H28N2O4. The molecule has 0 atom stereocenters. The maximum absolute atomic E-state index is 12.9. The van der Waals surface area contributed by atoms with Crippen molar-refractivity contribution in [2.45, 2.75) is 53.5 Å². The zero-order valence-corrected chi connectivity index (χ0v) is 16.4. The maximum atomic E-state index is 12.9. The third-order valence-corrected chi connectivity index (χ3v) is 4.39. The number of aliphatic hydroxyl groups is 1. The van der Waals surface area contributed by atoms with Crippen LogP contribution in [0.4, 0.5) is 0 Å². The summed E-state index contributed by atoms with van der Waals surface area (Å²) >= 11 is 0. The van der Waals surface area contributed by atoms with Gasteiger partial charge in [0.15, 0.2) is 11.4 Å². The van der Waals surface area contributed by atoms with E-state index in [0.717, 1.165) is 5.56 Å². The largest absolute Gasteiger partial charge is 0.483 e. The van der Waals surface area contributed by atoms with Gasteiger partial charge in [-0.1, -0.05) is 44.2 Å². The number of amides is 1. The number of fused-ring (bicyclic) bond motifs is 1. The number of carbonyl (C=O) groups excluding carboxylic acids is 1. The first-order valence-electron chi connectivity index (χ1n) is 9.38. The molecule has 6 heteroatoms. The third kappa shape index (κ3) is 4.39. The highest BCUT2D eigenvalue weighted by molar-refractivity contribution is 5.96. The molecule has 27 heavy (non-hydrogen) atoms. The fourth-order valence-corrected chi connectivity index (χ4v) is 3.08. The van der Waals surface area contributed by atoms with Crippen LogP contribution in [0.3, 0.4) is 0 Å². The highest BCUT2D eigenvalue weighted by Gasteiger charge is 2.32. The van der Waals surface area contributed by atoms with Gasteiger partial charge in [0, 0.05) is 30.9 Å². The molecule has 146 valence electrons. The Hall–Kier alpha value is -2.60. The summed E-state index contributed by atoms with van der Waals surface area (Å²) in [7, 11) is 0. The summed E-state index contributed by atoms with van der Waals surface area (Å²) in [4.78, 5) is 27.1. The zero-order chi connectivity index (χ0) is 20.0. The number of nitrogens with zero attached hydrogens (tertiary/aromatic N) is 2. The maximum Gasteiger partial charge on any atom is 0.274 e. The second-order valence-electron chi connectivity index (χ2n) is 6.35. The van der Waals surface area contributed by atoms with E-state index in [1.54, 1.807) is 9.47 Å². The van der Waals surface area contributed by atoms with Crippen molar-refractivity contribution in [3.05, 3.63) is 63.6 Å². The highest BCUT2D eigenvalue weighted by atomic mass is 16.5. The lowest BCUT2D eigenvalue weighted by Crippen LogP contribution is -2.46. The van der Waals surface area contributed by atoms with E-state index in [2.05, 4.69) is 0 Å². The third-order valence-electron chi connectivity index (χ3n) is 4.39. The van der Waals surface area contributed by atoms with Gasteiger partial charge < -0.3 is 19.3 Å². The Bertz CT molecular complexity index is 828. The SMILES string of the molecule is CC.CC(C)N1CCn2c(CO)cc(=O)c(OCc3ccccc3)c2C1=O. The molecule has 0 bridgehead atoms. The molecule has 1 amide bonds. The molecule has 1 aliphatic heterocycles. The summed E-state index contributed by atoms with van der Waals surface area (Å²) in [5.41, 5.74) is 1.19. The van der Waals surface area contributed by atoms with Crippen LogP contribution in [-0.2, 0) is 19.8 Å². The van der Waals surface area contributed by atoms with E-state index in [9.17, 15) is 14.7 Å². The average Bonchev–Trinajstić information content (AvgIpc) is 2.69. The first-order chi connectivity index (χ1) is 13.0. The zero-order valence-electron chi connectivity index (χ0n) is 16.4. The fourth-order valence-electron chi connectivity index (χ4n) is 3.08. The van der Waals surface area contributed by atoms with E-state index >= 15 is 0 Å². The van der Waals surface area contributed by atoms with Crippen LogP contribution in [0.5, 0.6) is 5.75 Å². The van der Waals surface area contributed by atoms with Gasteiger partial charge in [-0.2, -0.15) is 0 Å². The summed E-state index contributed by atoms with van der Waals surface area (Å²) in [6.07, 6.45) is 0. The monoisotopic (exact) mass is 372 g/mol. The first kappa shape index (κ1) is 20.7. The van der Waals surface area contributed by atoms with Gasteiger partial charge in [-0.05, 0) is 19.4 Å². The summed E-state index contributed by atoms with van der Waals surface area (Å²) in [5.74, 6) is -0.187. The van der Waals surface area contributed by atoms with Crippen LogP contribution in [0.25, 0.3) is 0 Å². The van der Waals surface area contributed by atoms with Crippen molar-refractivity contribution in [2.75, 3.05) is 6.54 Å². The van der Waals surface area contributed by atoms with Gasteiger partial charge >= 0.3 is 0 Å². The lowest BCUT2D eigenvalue weighted by atomic mass is 10.1. The van der Waals surface area contributed by atoms with Gasteiger partial charge in [-0.25, -0.2) is 0 Å². The summed E-state index contributed by atoms with van der Waals surface area (Å²) in [5, 5.41) is 9.55. The van der Waals surface area contributed by atoms with Crippen molar-refractivity contribution in [3.63, 3.8) is 0 Å². The van der Waals surface area contributed by atoms with E-state index in [4.69, 9.17) is 4.74 Å². The van der Waals surface area contributed by atoms with Gasteiger partial charge in [0.05, 0.1) is 6.61 Å². The van der Waals surface area contributed by atoms with Gasteiger partial charge in [-0.3, -0.25) is 9.59 Å². The predicted octanol–water partition coefficient (Wildman–Crippen LogP) is 2.81. The molecule has 2 heterocycles. The normalized spacial score (nSPS) is 13.1. The number of pyridine rings is 1. The fraction of sp³-hybridized carbons (Fsp3) is 0.429. The van der Waals surface area contributed by atoms with Gasteiger partial charge in [0.1, 0.15) is 6.61 Å². The molecule has 6 nitrogen and oxygen atoms in total. The number of aromatic nitrogens is 1. The second-order valence-corrected chi connectivity index (χ2v) is 6.35. The Morgan fingerprint density at radius 3 is 2.37 bits per heavy atom. The molecular weight excluding hydrogens is 344 g/mol. The van der Waals surface area contributed by atoms with Crippen LogP contribution < -0.4 is 10.2 Å². The lowest BCUT2D eigenvalue weighted by molar-refractivity contribution is 0.0633. The number of carbonyl (C=O) groups is 1. The van der Waals surface area contributed by atoms with E-state index < -0.39 is 0 Å². The quantitative estimate of drug-likeness (QED) is 0.876. The highest BCUT2D eigenvalue weighted by Crippen LogP contribution is 2.24. The van der Waals surface area contributed by atoms with Crippen molar-refractivity contribution in [3.8, 4) is 5.75 Å². The molecule has 1 aliphatic rings. The molecule has 3 rings (SSSR count). The van der Waals surface area contributed by atoms with Gasteiger partial charge in [0.2, 0.25) is 5.43 Å². The van der Waals surface area contributed by atoms with E-state index in [1.807, 2.05) is 58.0 Å². The Labute approximate surface area is 160 Å². The number of ether oxygens (including phenoxy) is 1. The van der Waals surface area contributed by atoms with E-state index in [-0.39, 0.29) is 42.0 Å². The number of hydrogen-bond donors (Lipinski definition) is 1. The molecule has 0 aliphatic carbocycles. The number of rotatable bonds is 5. The minimum absolute atomic E-state index is 0.0242. The van der Waals surface area contributed by atoms with Crippen LogP contribution >= 0.6 is 0 Å². The second kappa shape index (κ2) is 9.37. The molecule has 1 N–H and O–H groups in total. The minimum atomic E-state index is -0.384. The van der Waals surface area contributed by atoms with Crippen molar-refractivity contribution >= 4 is 5.91 Å². The number of hydrogen-bond acceptors (Lipinski definition) is 4. The molecule has 2 aromatic rings. The lowest BCUT2D eigenvalue weighted by Gasteiger charge is -2.34. The molecule has 0 saturated heterocycles. The Balaban J connectivity index is 0.00000126. The van der Waals surface area contributed by atoms with Crippen molar-refractivity contribution in [1.29, 1.82) is 0 Å². The molecule has 1 aromatic heterocycles. The Morgan fingerprint density at radius 1 is 1.11 bits per heavy atom. The van der Waals surface area contributed by atoms with E-state index in [1.165, 1.54) is 6.07 Å². The smallest absolute Gasteiger partial charge is 0.274 e. The topological polar surface area (TPSA) is 71.8 Å². The average molecular weight is 372 g/mol. The van der Waals surface area contributed by atoms with Crippen LogP contribution in [0.1, 0.15) is 49.4 Å². The molecule has 0 fully saturated rings. The van der Waals surface area contributed by atoms with Crippen molar-refractivity contribution < 1.29 is 14.6 Å². The van der Waals surface area contributed by atoms with Crippen LogP contribution in [-0.4, -0.2) is 33.1 Å². The molecule has 0 spiro atoms. The van der Waals surface area contributed by atoms with Gasteiger partial charge in [0.25, 0.3) is 5.91 Å². The van der Waals surface area contributed by atoms with E-state index in [0.29, 0.717) is 18.8 Å². The molecule has 0 unspecified atom stereocenters. The molecule has 0 radical (unpaired) electrons. The van der Waals surface area contributed by atoms with Crippen LogP contribution in [0.15, 0.2) is 41.2 Å². The molecule has 0 saturated carbocycles. The molecule has 1 aromatic carbocycles. The predicted molar refractivity (Wildman–Crippen MR) is 105 cm³/mol. The number of aliphatic hydroxyl groups excluding tert-OH is 1. The summed E-state index contributed by atoms with van der Waals surface area (Å²) in [6, 6.07) is 10.9. The van der Waals surface area contributed by atoms with Crippen LogP contribution in [0.2, 0.25) is 0 Å². The van der Waals surface area contributed by atoms with Crippen LogP contribution in [0, 0.1) is 0 Å². The summed E-state index contributed by atoms with van der Waals surface area (Å²) < 4.78 is 7.45. The number of benzene rings is 1. The van der Waals surface area contributed by atoms with Crippen molar-refractivity contribution in [2.24, 2.45) is 0 Å². The summed E-state index contributed by atoms with van der Waals surface area (Å²) in [6.45, 7) is 8.85. The standard InChI is InChI=1S/C19H22N2O4.C2H6/c1-13(2)20-8-9-21-15(11-22)10-16(23)18(17(21)19(20)24)25-12-14-6-4-3-5-7-14;1-2/h3-7,10,13,22H,8-9,11-12H2,1-2H3;1-2H3. The Morgan fingerprint density at radius 2 is 1.78 bits per heavy atom.